The number of amides is 3. The summed E-state index contributed by atoms with van der Waals surface area (Å²) in [4.78, 5) is 44.9. The Morgan fingerprint density at radius 2 is 1.53 bits per heavy atom. The van der Waals surface area contributed by atoms with Gasteiger partial charge in [0, 0.05) is 19.2 Å². The first-order valence-corrected chi connectivity index (χ1v) is 9.50. The number of aromatic nitrogens is 1. The number of aromatic hydroxyl groups is 1. The van der Waals surface area contributed by atoms with Gasteiger partial charge in [-0.15, -0.1) is 0 Å². The molecule has 1 aliphatic heterocycles. The van der Waals surface area contributed by atoms with Crippen LogP contribution in [0.3, 0.4) is 0 Å². The largest absolute Gasteiger partial charge is 0.506 e. The Bertz CT molecular complexity index is 1080. The third-order valence-electron chi connectivity index (χ3n) is 4.95. The van der Waals surface area contributed by atoms with Gasteiger partial charge in [0.2, 0.25) is 5.91 Å². The Balaban J connectivity index is 1.53. The molecule has 0 fully saturated rings. The molecule has 7 nitrogen and oxygen atoms in total. The predicted octanol–water partition coefficient (Wildman–Crippen LogP) is 3.01. The van der Waals surface area contributed by atoms with Crippen molar-refractivity contribution in [2.24, 2.45) is 0 Å². The summed E-state index contributed by atoms with van der Waals surface area (Å²) in [6.45, 7) is 0.108. The third kappa shape index (κ3) is 3.65. The van der Waals surface area contributed by atoms with E-state index in [9.17, 15) is 19.5 Å². The summed E-state index contributed by atoms with van der Waals surface area (Å²) in [5.74, 6) is -1.18. The summed E-state index contributed by atoms with van der Waals surface area (Å²) >= 11 is 0. The van der Waals surface area contributed by atoms with Crippen LogP contribution in [0.4, 0.5) is 5.69 Å². The van der Waals surface area contributed by atoms with Crippen molar-refractivity contribution in [3.8, 4) is 5.75 Å². The van der Waals surface area contributed by atoms with Crippen molar-refractivity contribution in [3.63, 3.8) is 0 Å². The van der Waals surface area contributed by atoms with E-state index in [0.717, 1.165) is 4.90 Å². The fourth-order valence-electron chi connectivity index (χ4n) is 3.44. The summed E-state index contributed by atoms with van der Waals surface area (Å²) in [7, 11) is 0. The number of imide groups is 1. The Morgan fingerprint density at radius 1 is 0.900 bits per heavy atom. The van der Waals surface area contributed by atoms with Crippen molar-refractivity contribution in [3.05, 3.63) is 89.7 Å². The highest BCUT2D eigenvalue weighted by molar-refractivity contribution is 6.21. The minimum absolute atomic E-state index is 0.0393. The van der Waals surface area contributed by atoms with Gasteiger partial charge in [-0.1, -0.05) is 30.3 Å². The lowest BCUT2D eigenvalue weighted by Crippen LogP contribution is -2.36. The lowest BCUT2D eigenvalue weighted by molar-refractivity contribution is -0.118. The molecule has 3 aromatic rings. The zero-order valence-electron chi connectivity index (χ0n) is 16.1. The van der Waals surface area contributed by atoms with Crippen LogP contribution in [-0.4, -0.2) is 39.3 Å². The molecule has 0 saturated carbocycles. The van der Waals surface area contributed by atoms with Crippen LogP contribution >= 0.6 is 0 Å². The van der Waals surface area contributed by atoms with Crippen molar-refractivity contribution in [2.75, 3.05) is 11.4 Å². The molecule has 0 atom stereocenters. The molecular formula is C23H19N3O4. The van der Waals surface area contributed by atoms with Crippen molar-refractivity contribution in [1.29, 1.82) is 0 Å². The number of hydrogen-bond acceptors (Lipinski definition) is 5. The van der Waals surface area contributed by atoms with E-state index in [-0.39, 0.29) is 31.2 Å². The van der Waals surface area contributed by atoms with Crippen LogP contribution in [0.5, 0.6) is 5.75 Å². The van der Waals surface area contributed by atoms with E-state index in [1.165, 1.54) is 11.0 Å². The van der Waals surface area contributed by atoms with Gasteiger partial charge in [-0.25, -0.2) is 0 Å². The van der Waals surface area contributed by atoms with Crippen molar-refractivity contribution < 1.29 is 19.5 Å². The molecule has 2 aromatic carbocycles. The molecule has 0 saturated heterocycles. The number of para-hydroxylation sites is 2. The smallest absolute Gasteiger partial charge is 0.261 e. The average Bonchev–Trinajstić information content (AvgIpc) is 3.02. The van der Waals surface area contributed by atoms with Gasteiger partial charge in [-0.2, -0.15) is 0 Å². The minimum atomic E-state index is -0.401. The lowest BCUT2D eigenvalue weighted by atomic mass is 10.1. The van der Waals surface area contributed by atoms with Gasteiger partial charge < -0.3 is 10.0 Å². The Morgan fingerprint density at radius 3 is 2.17 bits per heavy atom. The fraction of sp³-hybridized carbons (Fsp3) is 0.130. The van der Waals surface area contributed by atoms with Crippen LogP contribution in [0, 0.1) is 0 Å². The van der Waals surface area contributed by atoms with E-state index in [0.29, 0.717) is 22.5 Å². The van der Waals surface area contributed by atoms with E-state index >= 15 is 0 Å². The normalized spacial score (nSPS) is 12.7. The predicted molar refractivity (Wildman–Crippen MR) is 110 cm³/mol. The molecule has 0 radical (unpaired) electrons. The van der Waals surface area contributed by atoms with E-state index < -0.39 is 11.8 Å². The molecule has 30 heavy (non-hydrogen) atoms. The molecule has 150 valence electrons. The monoisotopic (exact) mass is 401 g/mol. The van der Waals surface area contributed by atoms with E-state index in [1.54, 1.807) is 60.8 Å². The molecule has 7 heteroatoms. The molecule has 4 rings (SSSR count). The first kappa shape index (κ1) is 19.3. The number of benzene rings is 2. The van der Waals surface area contributed by atoms with Gasteiger partial charge in [0.15, 0.2) is 0 Å². The van der Waals surface area contributed by atoms with Gasteiger partial charge in [0.25, 0.3) is 11.8 Å². The van der Waals surface area contributed by atoms with Gasteiger partial charge in [0.1, 0.15) is 5.75 Å². The number of carbonyl (C=O) groups excluding carboxylic acids is 3. The Labute approximate surface area is 173 Å². The summed E-state index contributed by atoms with van der Waals surface area (Å²) < 4.78 is 0. The maximum absolute atomic E-state index is 13.1. The molecule has 0 unspecified atom stereocenters. The first-order chi connectivity index (χ1) is 14.6. The number of fused-ring (bicyclic) bond motifs is 1. The second-order valence-electron chi connectivity index (χ2n) is 6.85. The maximum Gasteiger partial charge on any atom is 0.261 e. The molecule has 1 aliphatic rings. The van der Waals surface area contributed by atoms with Crippen LogP contribution in [0.2, 0.25) is 0 Å². The number of carbonyl (C=O) groups is 3. The van der Waals surface area contributed by atoms with Crippen molar-refractivity contribution >= 4 is 23.4 Å². The van der Waals surface area contributed by atoms with E-state index in [1.807, 2.05) is 6.07 Å². The number of phenolic OH excluding ortho intramolecular Hbond substituents is 1. The number of pyridine rings is 1. The van der Waals surface area contributed by atoms with Gasteiger partial charge in [0.05, 0.1) is 29.1 Å². The van der Waals surface area contributed by atoms with Crippen LogP contribution in [0.1, 0.15) is 32.8 Å². The highest BCUT2D eigenvalue weighted by atomic mass is 16.3. The second kappa shape index (κ2) is 8.16. The van der Waals surface area contributed by atoms with Gasteiger partial charge in [-0.05, 0) is 36.4 Å². The number of hydrogen-bond donors (Lipinski definition) is 1. The second-order valence-corrected chi connectivity index (χ2v) is 6.85. The van der Waals surface area contributed by atoms with Crippen LogP contribution in [0.15, 0.2) is 72.9 Å². The number of nitrogens with zero attached hydrogens (tertiary/aromatic N) is 3. The van der Waals surface area contributed by atoms with Crippen LogP contribution in [-0.2, 0) is 11.3 Å². The summed E-state index contributed by atoms with van der Waals surface area (Å²) in [6, 6.07) is 18.5. The quantitative estimate of drug-likeness (QED) is 0.641. The number of phenols is 1. The minimum Gasteiger partial charge on any atom is -0.506 e. The molecule has 0 bridgehead atoms. The molecule has 2 heterocycles. The highest BCUT2D eigenvalue weighted by Crippen LogP contribution is 2.29. The molecule has 0 aliphatic carbocycles. The lowest BCUT2D eigenvalue weighted by Gasteiger charge is -2.24. The standard InChI is InChI=1S/C23H19N3O4/c27-20-11-4-3-10-19(20)26(15-16-7-5-6-13-24-16)21(28)12-14-25-22(29)17-8-1-2-9-18(17)23(25)30/h1-11,13,27H,12,14-15H2. The summed E-state index contributed by atoms with van der Waals surface area (Å²) in [5.41, 5.74) is 1.69. The SMILES string of the molecule is O=C1c2ccccc2C(=O)N1CCC(=O)N(Cc1ccccn1)c1ccccc1O. The maximum atomic E-state index is 13.1. The van der Waals surface area contributed by atoms with Crippen molar-refractivity contribution in [2.45, 2.75) is 13.0 Å². The molecular weight excluding hydrogens is 382 g/mol. The summed E-state index contributed by atoms with van der Waals surface area (Å²) in [5, 5.41) is 10.3. The molecule has 1 aromatic heterocycles. The number of anilines is 1. The van der Waals surface area contributed by atoms with Gasteiger partial charge in [-0.3, -0.25) is 24.3 Å². The van der Waals surface area contributed by atoms with E-state index in [2.05, 4.69) is 4.98 Å². The molecule has 0 spiro atoms. The third-order valence-corrected chi connectivity index (χ3v) is 4.95. The highest BCUT2D eigenvalue weighted by Gasteiger charge is 2.35. The topological polar surface area (TPSA) is 90.8 Å². The molecule has 3 amide bonds. The zero-order valence-corrected chi connectivity index (χ0v) is 16.1. The van der Waals surface area contributed by atoms with E-state index in [4.69, 9.17) is 0 Å². The van der Waals surface area contributed by atoms with Crippen LogP contribution in [0.25, 0.3) is 0 Å². The summed E-state index contributed by atoms with van der Waals surface area (Å²) in [6.07, 6.45) is 1.55. The van der Waals surface area contributed by atoms with Crippen LogP contribution < -0.4 is 4.90 Å². The number of rotatable bonds is 6. The molecule has 1 N–H and O–H groups in total. The zero-order chi connectivity index (χ0) is 21.1. The van der Waals surface area contributed by atoms with Crippen molar-refractivity contribution in [1.82, 2.24) is 9.88 Å². The van der Waals surface area contributed by atoms with Gasteiger partial charge >= 0.3 is 0 Å². The Hall–Kier alpha value is -4.00. The first-order valence-electron chi connectivity index (χ1n) is 9.50. The Kier molecular flexibility index (Phi) is 5.26. The fourth-order valence-corrected chi connectivity index (χ4v) is 3.44. The average molecular weight is 401 g/mol.